The Balaban J connectivity index is 1.29. The molecule has 1 aromatic carbocycles. The van der Waals surface area contributed by atoms with Crippen LogP contribution in [-0.2, 0) is 11.2 Å². The zero-order valence-electron chi connectivity index (χ0n) is 18.2. The number of nitrogens with zero attached hydrogens (tertiary/aromatic N) is 4. The molecule has 33 heavy (non-hydrogen) atoms. The molecule has 6 N–H and O–H groups in total. The Morgan fingerprint density at radius 1 is 1.18 bits per heavy atom. The van der Waals surface area contributed by atoms with E-state index in [1.807, 2.05) is 19.1 Å². The van der Waals surface area contributed by atoms with Crippen LogP contribution >= 0.6 is 0 Å². The SMILES string of the molecule is Cc1cc2ccc(C[C@@H]3CC[C@]4(O)C(O)[C@H](n5ccc6c(N)ncnc65)O[C@H]34)cc2nc1N. The van der Waals surface area contributed by atoms with E-state index in [1.54, 1.807) is 16.8 Å². The smallest absolute Gasteiger partial charge is 0.164 e. The van der Waals surface area contributed by atoms with E-state index in [9.17, 15) is 10.2 Å². The summed E-state index contributed by atoms with van der Waals surface area (Å²) in [6.45, 7) is 1.95. The topological polar surface area (TPSA) is 145 Å². The van der Waals surface area contributed by atoms with Crippen molar-refractivity contribution < 1.29 is 14.9 Å². The Morgan fingerprint density at radius 3 is 2.88 bits per heavy atom. The number of benzene rings is 1. The summed E-state index contributed by atoms with van der Waals surface area (Å²) in [7, 11) is 0. The van der Waals surface area contributed by atoms with Crippen LogP contribution in [0.1, 0.15) is 30.2 Å². The van der Waals surface area contributed by atoms with Gasteiger partial charge in [0.15, 0.2) is 6.23 Å². The lowest BCUT2D eigenvalue weighted by molar-refractivity contribution is -0.0675. The van der Waals surface area contributed by atoms with Crippen molar-refractivity contribution in [1.82, 2.24) is 19.5 Å². The van der Waals surface area contributed by atoms with E-state index in [-0.39, 0.29) is 5.92 Å². The van der Waals surface area contributed by atoms with Gasteiger partial charge in [-0.1, -0.05) is 12.1 Å². The molecule has 4 heterocycles. The second-order valence-corrected chi connectivity index (χ2v) is 9.32. The second-order valence-electron chi connectivity index (χ2n) is 9.32. The molecule has 1 aliphatic heterocycles. The average Bonchev–Trinajstić information content (AvgIpc) is 3.42. The fourth-order valence-corrected chi connectivity index (χ4v) is 5.52. The highest BCUT2D eigenvalue weighted by molar-refractivity contribution is 5.86. The van der Waals surface area contributed by atoms with Gasteiger partial charge >= 0.3 is 0 Å². The summed E-state index contributed by atoms with van der Waals surface area (Å²) in [6.07, 6.45) is 2.75. The van der Waals surface area contributed by atoms with Crippen LogP contribution < -0.4 is 11.5 Å². The summed E-state index contributed by atoms with van der Waals surface area (Å²) in [5.41, 5.74) is 14.1. The van der Waals surface area contributed by atoms with Gasteiger partial charge in [0, 0.05) is 11.6 Å². The maximum absolute atomic E-state index is 11.4. The van der Waals surface area contributed by atoms with E-state index in [0.29, 0.717) is 35.5 Å². The summed E-state index contributed by atoms with van der Waals surface area (Å²) in [6, 6.07) is 10.0. The Hall–Kier alpha value is -3.27. The molecular weight excluding hydrogens is 420 g/mol. The maximum atomic E-state index is 11.4. The molecule has 5 atom stereocenters. The first-order valence-corrected chi connectivity index (χ1v) is 11.1. The minimum absolute atomic E-state index is 0.0522. The Morgan fingerprint density at radius 2 is 2.03 bits per heavy atom. The van der Waals surface area contributed by atoms with Gasteiger partial charge in [0.2, 0.25) is 0 Å². The van der Waals surface area contributed by atoms with E-state index < -0.39 is 24.0 Å². The van der Waals surface area contributed by atoms with Crippen LogP contribution in [0, 0.1) is 12.8 Å². The summed E-state index contributed by atoms with van der Waals surface area (Å²) in [5.74, 6) is 0.948. The summed E-state index contributed by atoms with van der Waals surface area (Å²) < 4.78 is 8.06. The van der Waals surface area contributed by atoms with Crippen LogP contribution in [-0.4, -0.2) is 47.5 Å². The zero-order chi connectivity index (χ0) is 22.9. The number of fused-ring (bicyclic) bond motifs is 3. The first-order valence-electron chi connectivity index (χ1n) is 11.1. The third-order valence-corrected chi connectivity index (χ3v) is 7.33. The molecule has 1 aliphatic carbocycles. The van der Waals surface area contributed by atoms with E-state index in [4.69, 9.17) is 16.2 Å². The van der Waals surface area contributed by atoms with E-state index in [2.05, 4.69) is 27.1 Å². The standard InChI is InChI=1S/C24H26N6O3/c1-12-8-14-3-2-13(10-17(14)29-20(12)25)9-15-4-6-24(32)18(31)23(33-19(15)24)30-7-5-16-21(26)27-11-28-22(16)30/h2-3,5,7-8,10-11,15,18-19,23,31-32H,4,6,9H2,1H3,(H2,25,29)(H2,26,27,28)/t15-,18?,19+,23+,24-/m0/s1. The maximum Gasteiger partial charge on any atom is 0.164 e. The number of nitrogens with two attached hydrogens (primary N) is 2. The number of rotatable bonds is 3. The Labute approximate surface area is 190 Å². The molecule has 170 valence electrons. The summed E-state index contributed by atoms with van der Waals surface area (Å²) >= 11 is 0. The highest BCUT2D eigenvalue weighted by Gasteiger charge is 2.61. The molecule has 1 saturated carbocycles. The highest BCUT2D eigenvalue weighted by Crippen LogP contribution is 2.50. The lowest BCUT2D eigenvalue weighted by Gasteiger charge is -2.26. The van der Waals surface area contributed by atoms with E-state index in [0.717, 1.165) is 28.5 Å². The van der Waals surface area contributed by atoms with Crippen molar-refractivity contribution in [2.75, 3.05) is 11.5 Å². The Bertz CT molecular complexity index is 1390. The van der Waals surface area contributed by atoms with Gasteiger partial charge in [-0.05, 0) is 61.4 Å². The molecule has 1 unspecified atom stereocenters. The summed E-state index contributed by atoms with van der Waals surface area (Å²) in [5, 5.41) is 24.2. The number of hydrogen-bond donors (Lipinski definition) is 4. The predicted octanol–water partition coefficient (Wildman–Crippen LogP) is 2.09. The van der Waals surface area contributed by atoms with Crippen LogP contribution in [0.5, 0.6) is 0 Å². The molecule has 3 aromatic heterocycles. The molecule has 6 rings (SSSR count). The number of ether oxygens (including phenoxy) is 1. The average molecular weight is 447 g/mol. The van der Waals surface area contributed by atoms with Crippen molar-refractivity contribution in [3.8, 4) is 0 Å². The van der Waals surface area contributed by atoms with Crippen LogP contribution in [0.15, 0.2) is 42.9 Å². The van der Waals surface area contributed by atoms with Crippen molar-refractivity contribution in [3.05, 3.63) is 54.0 Å². The number of aromatic nitrogens is 4. The van der Waals surface area contributed by atoms with Crippen LogP contribution in [0.25, 0.3) is 21.9 Å². The lowest BCUT2D eigenvalue weighted by atomic mass is 9.90. The number of hydrogen-bond acceptors (Lipinski definition) is 8. The van der Waals surface area contributed by atoms with Crippen molar-refractivity contribution >= 4 is 33.6 Å². The molecule has 0 amide bonds. The number of aliphatic hydroxyl groups is 2. The Kier molecular flexibility index (Phi) is 4.39. The fourth-order valence-electron chi connectivity index (χ4n) is 5.52. The molecule has 9 nitrogen and oxygen atoms in total. The van der Waals surface area contributed by atoms with E-state index >= 15 is 0 Å². The molecule has 2 aliphatic rings. The molecular formula is C24H26N6O3. The minimum Gasteiger partial charge on any atom is -0.385 e. The number of aliphatic hydroxyl groups excluding tert-OH is 1. The predicted molar refractivity (Wildman–Crippen MR) is 124 cm³/mol. The lowest BCUT2D eigenvalue weighted by Crippen LogP contribution is -2.45. The van der Waals surface area contributed by atoms with Gasteiger partial charge in [-0.2, -0.15) is 0 Å². The molecule has 2 fully saturated rings. The van der Waals surface area contributed by atoms with Crippen molar-refractivity contribution in [2.24, 2.45) is 5.92 Å². The number of pyridine rings is 1. The largest absolute Gasteiger partial charge is 0.385 e. The number of anilines is 2. The normalized spacial score (nSPS) is 29.2. The van der Waals surface area contributed by atoms with Gasteiger partial charge in [0.05, 0.1) is 17.0 Å². The van der Waals surface area contributed by atoms with Crippen LogP contribution in [0.2, 0.25) is 0 Å². The first-order chi connectivity index (χ1) is 15.8. The molecule has 0 spiro atoms. The van der Waals surface area contributed by atoms with E-state index in [1.165, 1.54) is 6.33 Å². The van der Waals surface area contributed by atoms with Gasteiger partial charge in [-0.25, -0.2) is 15.0 Å². The van der Waals surface area contributed by atoms with Gasteiger partial charge in [-0.3, -0.25) is 0 Å². The molecule has 9 heteroatoms. The van der Waals surface area contributed by atoms with Gasteiger partial charge in [0.1, 0.15) is 35.3 Å². The van der Waals surface area contributed by atoms with Crippen molar-refractivity contribution in [3.63, 3.8) is 0 Å². The number of nitrogen functional groups attached to an aromatic ring is 2. The number of aryl methyl sites for hydroxylation is 1. The molecule has 0 radical (unpaired) electrons. The summed E-state index contributed by atoms with van der Waals surface area (Å²) in [4.78, 5) is 12.8. The highest BCUT2D eigenvalue weighted by atomic mass is 16.6. The molecule has 4 aromatic rings. The quantitative estimate of drug-likeness (QED) is 0.374. The van der Waals surface area contributed by atoms with Gasteiger partial charge in [0.25, 0.3) is 0 Å². The molecule has 0 bridgehead atoms. The van der Waals surface area contributed by atoms with Gasteiger partial charge < -0.3 is 31.0 Å². The zero-order valence-corrected chi connectivity index (χ0v) is 18.2. The first kappa shape index (κ1) is 20.3. The third-order valence-electron chi connectivity index (χ3n) is 7.33. The second kappa shape index (κ2) is 7.11. The van der Waals surface area contributed by atoms with Gasteiger partial charge in [-0.15, -0.1) is 0 Å². The van der Waals surface area contributed by atoms with Crippen LogP contribution in [0.4, 0.5) is 11.6 Å². The van der Waals surface area contributed by atoms with Crippen molar-refractivity contribution in [1.29, 1.82) is 0 Å². The molecule has 1 saturated heterocycles. The van der Waals surface area contributed by atoms with Crippen LogP contribution in [0.3, 0.4) is 0 Å². The third kappa shape index (κ3) is 3.00. The van der Waals surface area contributed by atoms with Crippen molar-refractivity contribution in [2.45, 2.75) is 50.2 Å². The monoisotopic (exact) mass is 446 g/mol. The fraction of sp³-hybridized carbons (Fsp3) is 0.375. The minimum atomic E-state index is -1.32.